The number of halogens is 1. The van der Waals surface area contributed by atoms with Gasteiger partial charge < -0.3 is 4.74 Å². The van der Waals surface area contributed by atoms with Crippen LogP contribution in [0.1, 0.15) is 39.2 Å². The topological polar surface area (TPSA) is 26.3 Å². The van der Waals surface area contributed by atoms with E-state index in [4.69, 9.17) is 16.3 Å². The second-order valence-corrected chi connectivity index (χ2v) is 4.73. The summed E-state index contributed by atoms with van der Waals surface area (Å²) in [6, 6.07) is 7.47. The summed E-state index contributed by atoms with van der Waals surface area (Å²) in [5.41, 5.74) is 0.212. The summed E-state index contributed by atoms with van der Waals surface area (Å²) < 4.78 is 5.71. The number of carbonyl (C=O) groups is 1. The van der Waals surface area contributed by atoms with Crippen LogP contribution < -0.4 is 0 Å². The molecule has 100 valence electrons. The van der Waals surface area contributed by atoms with Crippen molar-refractivity contribution in [1.29, 1.82) is 0 Å². The van der Waals surface area contributed by atoms with Gasteiger partial charge in [-0.2, -0.15) is 0 Å². The summed E-state index contributed by atoms with van der Waals surface area (Å²) in [6.07, 6.45) is 1.72. The highest BCUT2D eigenvalue weighted by Gasteiger charge is 2.35. The summed E-state index contributed by atoms with van der Waals surface area (Å²) in [5, 5.41) is 0.642. The average molecular weight is 269 g/mol. The van der Waals surface area contributed by atoms with Gasteiger partial charge in [-0.05, 0) is 31.4 Å². The molecule has 0 saturated heterocycles. The van der Waals surface area contributed by atoms with E-state index in [0.29, 0.717) is 30.9 Å². The molecule has 0 heterocycles. The lowest BCUT2D eigenvalue weighted by atomic mass is 9.88. The van der Waals surface area contributed by atoms with E-state index < -0.39 is 5.60 Å². The first-order valence-corrected chi connectivity index (χ1v) is 6.88. The van der Waals surface area contributed by atoms with E-state index in [1.165, 1.54) is 0 Å². The Balaban J connectivity index is 2.89. The summed E-state index contributed by atoms with van der Waals surface area (Å²) in [6.45, 7) is 6.45. The van der Waals surface area contributed by atoms with Crippen LogP contribution in [0.3, 0.4) is 0 Å². The number of benzene rings is 1. The highest BCUT2D eigenvalue weighted by atomic mass is 35.5. The molecular weight excluding hydrogens is 248 g/mol. The van der Waals surface area contributed by atoms with Gasteiger partial charge in [0.1, 0.15) is 5.60 Å². The zero-order valence-corrected chi connectivity index (χ0v) is 12.1. The molecule has 0 bridgehead atoms. The molecule has 1 rings (SSSR count). The quantitative estimate of drug-likeness (QED) is 0.746. The number of Topliss-reactive ketones (excluding diaryl/α,β-unsaturated/α-hetero) is 1. The molecule has 0 spiro atoms. The SMILES string of the molecule is CCOC(CC)(CC)C(=O)Cc1ccccc1Cl. The maximum atomic E-state index is 12.5. The van der Waals surface area contributed by atoms with Crippen LogP contribution in [-0.4, -0.2) is 18.0 Å². The van der Waals surface area contributed by atoms with Crippen molar-refractivity contribution < 1.29 is 9.53 Å². The van der Waals surface area contributed by atoms with Gasteiger partial charge in [0.05, 0.1) is 0 Å². The first-order chi connectivity index (χ1) is 8.59. The lowest BCUT2D eigenvalue weighted by molar-refractivity contribution is -0.144. The van der Waals surface area contributed by atoms with E-state index in [0.717, 1.165) is 5.56 Å². The highest BCUT2D eigenvalue weighted by Crippen LogP contribution is 2.25. The van der Waals surface area contributed by atoms with Gasteiger partial charge in [-0.25, -0.2) is 0 Å². The number of hydrogen-bond donors (Lipinski definition) is 0. The Kier molecular flexibility index (Phi) is 5.83. The maximum absolute atomic E-state index is 12.5. The van der Waals surface area contributed by atoms with Gasteiger partial charge in [0.15, 0.2) is 5.78 Å². The molecule has 0 atom stereocenters. The van der Waals surface area contributed by atoms with Crippen LogP contribution in [-0.2, 0) is 16.0 Å². The van der Waals surface area contributed by atoms with E-state index in [-0.39, 0.29) is 5.78 Å². The fourth-order valence-electron chi connectivity index (χ4n) is 2.18. The molecule has 2 nitrogen and oxygen atoms in total. The fraction of sp³-hybridized carbons (Fsp3) is 0.533. The van der Waals surface area contributed by atoms with Crippen molar-refractivity contribution in [2.24, 2.45) is 0 Å². The molecular formula is C15H21ClO2. The monoisotopic (exact) mass is 268 g/mol. The van der Waals surface area contributed by atoms with Crippen molar-refractivity contribution in [1.82, 2.24) is 0 Å². The largest absolute Gasteiger partial charge is 0.368 e. The van der Waals surface area contributed by atoms with E-state index in [1.807, 2.05) is 45.0 Å². The Bertz CT molecular complexity index is 397. The number of ether oxygens (including phenoxy) is 1. The van der Waals surface area contributed by atoms with E-state index in [1.54, 1.807) is 0 Å². The summed E-state index contributed by atoms with van der Waals surface area (Å²) in [5.74, 6) is 0.113. The Morgan fingerprint density at radius 2 is 1.83 bits per heavy atom. The normalized spacial score (nSPS) is 11.6. The van der Waals surface area contributed by atoms with Crippen LogP contribution >= 0.6 is 11.6 Å². The Labute approximate surface area is 114 Å². The Morgan fingerprint density at radius 3 is 2.33 bits per heavy atom. The molecule has 18 heavy (non-hydrogen) atoms. The van der Waals surface area contributed by atoms with Gasteiger partial charge in [-0.3, -0.25) is 4.79 Å². The minimum Gasteiger partial charge on any atom is -0.368 e. The summed E-state index contributed by atoms with van der Waals surface area (Å²) in [7, 11) is 0. The van der Waals surface area contributed by atoms with E-state index in [9.17, 15) is 4.79 Å². The van der Waals surface area contributed by atoms with Crippen molar-refractivity contribution in [3.63, 3.8) is 0 Å². The molecule has 0 unspecified atom stereocenters. The zero-order valence-electron chi connectivity index (χ0n) is 11.3. The number of rotatable bonds is 7. The minimum absolute atomic E-state index is 0.113. The Morgan fingerprint density at radius 1 is 1.22 bits per heavy atom. The first-order valence-electron chi connectivity index (χ1n) is 6.50. The van der Waals surface area contributed by atoms with Crippen LogP contribution in [0.25, 0.3) is 0 Å². The lowest BCUT2D eigenvalue weighted by Gasteiger charge is -2.30. The van der Waals surface area contributed by atoms with Crippen LogP contribution in [0, 0.1) is 0 Å². The molecule has 0 amide bonds. The van der Waals surface area contributed by atoms with Crippen LogP contribution in [0.4, 0.5) is 0 Å². The molecule has 0 saturated carbocycles. The molecule has 1 aromatic carbocycles. The number of carbonyl (C=O) groups excluding carboxylic acids is 1. The molecule has 0 aromatic heterocycles. The standard InChI is InChI=1S/C15H21ClO2/c1-4-15(5-2,18-6-3)14(17)11-12-9-7-8-10-13(12)16/h7-10H,4-6,11H2,1-3H3. The van der Waals surface area contributed by atoms with Crippen molar-refractivity contribution in [2.45, 2.75) is 45.6 Å². The van der Waals surface area contributed by atoms with Crippen molar-refractivity contribution >= 4 is 17.4 Å². The third-order valence-electron chi connectivity index (χ3n) is 3.38. The van der Waals surface area contributed by atoms with Crippen LogP contribution in [0.15, 0.2) is 24.3 Å². The van der Waals surface area contributed by atoms with Gasteiger partial charge in [0.2, 0.25) is 0 Å². The smallest absolute Gasteiger partial charge is 0.169 e. The average Bonchev–Trinajstić information content (AvgIpc) is 2.38. The van der Waals surface area contributed by atoms with Crippen LogP contribution in [0.5, 0.6) is 0 Å². The first kappa shape index (κ1) is 15.2. The fourth-order valence-corrected chi connectivity index (χ4v) is 2.38. The minimum atomic E-state index is -0.659. The molecule has 0 fully saturated rings. The number of ketones is 1. The van der Waals surface area contributed by atoms with Gasteiger partial charge in [-0.1, -0.05) is 43.6 Å². The third-order valence-corrected chi connectivity index (χ3v) is 3.75. The molecule has 0 aliphatic carbocycles. The zero-order chi connectivity index (χ0) is 13.6. The van der Waals surface area contributed by atoms with Crippen molar-refractivity contribution in [3.8, 4) is 0 Å². The molecule has 0 aliphatic heterocycles. The third kappa shape index (κ3) is 3.33. The molecule has 0 radical (unpaired) electrons. The van der Waals surface area contributed by atoms with Crippen molar-refractivity contribution in [3.05, 3.63) is 34.9 Å². The van der Waals surface area contributed by atoms with Gasteiger partial charge in [-0.15, -0.1) is 0 Å². The summed E-state index contributed by atoms with van der Waals surface area (Å²) in [4.78, 5) is 12.5. The van der Waals surface area contributed by atoms with Gasteiger partial charge in [0.25, 0.3) is 0 Å². The predicted octanol–water partition coefficient (Wildman–Crippen LogP) is 4.05. The lowest BCUT2D eigenvalue weighted by Crippen LogP contribution is -2.41. The second kappa shape index (κ2) is 6.91. The maximum Gasteiger partial charge on any atom is 0.169 e. The van der Waals surface area contributed by atoms with E-state index >= 15 is 0 Å². The molecule has 0 aliphatic rings. The van der Waals surface area contributed by atoms with Gasteiger partial charge in [0, 0.05) is 18.1 Å². The number of hydrogen-bond acceptors (Lipinski definition) is 2. The predicted molar refractivity (Wildman–Crippen MR) is 75.1 cm³/mol. The Hall–Kier alpha value is -0.860. The van der Waals surface area contributed by atoms with Crippen LogP contribution in [0.2, 0.25) is 5.02 Å². The summed E-state index contributed by atoms with van der Waals surface area (Å²) >= 11 is 6.09. The second-order valence-electron chi connectivity index (χ2n) is 4.33. The van der Waals surface area contributed by atoms with Gasteiger partial charge >= 0.3 is 0 Å². The molecule has 0 N–H and O–H groups in total. The van der Waals surface area contributed by atoms with E-state index in [2.05, 4.69) is 0 Å². The van der Waals surface area contributed by atoms with Crippen molar-refractivity contribution in [2.75, 3.05) is 6.61 Å². The molecule has 3 heteroatoms. The highest BCUT2D eigenvalue weighted by molar-refractivity contribution is 6.31. The molecule has 1 aromatic rings.